The number of Topliss-reactive ketones (excluding diaryl/α,β-unsaturated/α-hetero) is 1. The normalized spacial score (nSPS) is 8.53. The van der Waals surface area contributed by atoms with Crippen LogP contribution in [0.1, 0.15) is 10.5 Å². The lowest BCUT2D eigenvalue weighted by atomic mass is 10.3. The summed E-state index contributed by atoms with van der Waals surface area (Å²) in [5.41, 5.74) is 0.157. The van der Waals surface area contributed by atoms with Gasteiger partial charge in [0.2, 0.25) is 5.78 Å². The second kappa shape index (κ2) is 6.20. The van der Waals surface area contributed by atoms with Crippen LogP contribution >= 0.6 is 0 Å². The summed E-state index contributed by atoms with van der Waals surface area (Å²) in [7, 11) is 0. The molecule has 0 aliphatic carbocycles. The summed E-state index contributed by atoms with van der Waals surface area (Å²) in [6, 6.07) is 5.72. The fraction of sp³-hybridized carbons (Fsp3) is 0. The van der Waals surface area contributed by atoms with Gasteiger partial charge in [-0.1, -0.05) is 6.07 Å². The van der Waals surface area contributed by atoms with Crippen molar-refractivity contribution >= 4 is 12.1 Å². The molecule has 76 valence electrons. The Labute approximate surface area is 86.2 Å². The number of pyridine rings is 1. The molecule has 0 amide bonds. The smallest absolute Gasteiger partial charge is 0.245 e. The lowest BCUT2D eigenvalue weighted by molar-refractivity contribution is -0.104. The van der Waals surface area contributed by atoms with Gasteiger partial charge in [0.15, 0.2) is 6.29 Å². The predicted molar refractivity (Wildman–Crippen MR) is 53.2 cm³/mol. The van der Waals surface area contributed by atoms with Crippen molar-refractivity contribution < 1.29 is 9.59 Å². The molecule has 5 heteroatoms. The van der Waals surface area contributed by atoms with Gasteiger partial charge < -0.3 is 4.98 Å². The fourth-order valence-electron chi connectivity index (χ4n) is 0.768. The van der Waals surface area contributed by atoms with E-state index in [1.807, 2.05) is 18.2 Å². The standard InChI is InChI=1S/C5H4N2O2.C5H5N/c8-2-5(9)4-1-6-3-7-4;1-2-4-6-5-3-1/h1-3H,(H,6,7);1-5H. The zero-order valence-corrected chi connectivity index (χ0v) is 7.83. The molecule has 0 aromatic carbocycles. The number of rotatable bonds is 2. The van der Waals surface area contributed by atoms with Crippen molar-refractivity contribution in [2.75, 3.05) is 0 Å². The molecule has 2 rings (SSSR count). The van der Waals surface area contributed by atoms with E-state index in [0.717, 1.165) is 0 Å². The maximum atomic E-state index is 10.4. The molecule has 0 bridgehead atoms. The number of aromatic nitrogens is 3. The number of hydrogen-bond acceptors (Lipinski definition) is 4. The van der Waals surface area contributed by atoms with Gasteiger partial charge in [-0.3, -0.25) is 14.6 Å². The average Bonchev–Trinajstić information content (AvgIpc) is 2.85. The molecule has 1 N–H and O–H groups in total. The molecule has 15 heavy (non-hydrogen) atoms. The summed E-state index contributed by atoms with van der Waals surface area (Å²) < 4.78 is 0. The molecule has 0 saturated heterocycles. The van der Waals surface area contributed by atoms with Crippen molar-refractivity contribution in [3.05, 3.63) is 48.8 Å². The largest absolute Gasteiger partial charge is 0.350 e. The van der Waals surface area contributed by atoms with Crippen LogP contribution in [0.3, 0.4) is 0 Å². The molecule has 2 heterocycles. The minimum absolute atomic E-state index is 0.157. The summed E-state index contributed by atoms with van der Waals surface area (Å²) in [5.74, 6) is -0.601. The second-order valence-corrected chi connectivity index (χ2v) is 2.46. The zero-order chi connectivity index (χ0) is 10.9. The third-order valence-corrected chi connectivity index (χ3v) is 1.42. The van der Waals surface area contributed by atoms with Gasteiger partial charge in [-0.2, -0.15) is 0 Å². The van der Waals surface area contributed by atoms with Crippen molar-refractivity contribution in [3.8, 4) is 0 Å². The number of aldehydes is 1. The van der Waals surface area contributed by atoms with E-state index < -0.39 is 5.78 Å². The highest BCUT2D eigenvalue weighted by atomic mass is 16.2. The first-order chi connectivity index (χ1) is 7.34. The third kappa shape index (κ3) is 3.95. The summed E-state index contributed by atoms with van der Waals surface area (Å²) in [5, 5.41) is 0. The van der Waals surface area contributed by atoms with Crippen LogP contribution in [0, 0.1) is 0 Å². The number of ketones is 1. The van der Waals surface area contributed by atoms with Gasteiger partial charge in [0.25, 0.3) is 0 Å². The zero-order valence-electron chi connectivity index (χ0n) is 7.83. The quantitative estimate of drug-likeness (QED) is 0.446. The molecule has 2 aromatic heterocycles. The molecule has 0 unspecified atom stereocenters. The van der Waals surface area contributed by atoms with Crippen LogP contribution in [-0.4, -0.2) is 27.0 Å². The van der Waals surface area contributed by atoms with Crippen LogP contribution in [-0.2, 0) is 4.79 Å². The van der Waals surface area contributed by atoms with Gasteiger partial charge in [0, 0.05) is 18.6 Å². The number of hydrogen-bond donors (Lipinski definition) is 1. The predicted octanol–water partition coefficient (Wildman–Crippen LogP) is 0.873. The SMILES string of the molecule is O=CC(=O)c1c[nH]cn1.c1ccncc1. The molecular weight excluding hydrogens is 194 g/mol. The van der Waals surface area contributed by atoms with E-state index in [1.54, 1.807) is 12.4 Å². The van der Waals surface area contributed by atoms with Gasteiger partial charge in [-0.15, -0.1) is 0 Å². The lowest BCUT2D eigenvalue weighted by Gasteiger charge is -1.77. The van der Waals surface area contributed by atoms with E-state index in [0.29, 0.717) is 0 Å². The van der Waals surface area contributed by atoms with Crippen LogP contribution in [0.4, 0.5) is 0 Å². The van der Waals surface area contributed by atoms with Crippen molar-refractivity contribution in [3.63, 3.8) is 0 Å². The molecule has 0 radical (unpaired) electrons. The Morgan fingerprint density at radius 2 is 2.00 bits per heavy atom. The van der Waals surface area contributed by atoms with E-state index in [2.05, 4.69) is 15.0 Å². The van der Waals surface area contributed by atoms with Crippen LogP contribution in [0.2, 0.25) is 0 Å². The first-order valence-electron chi connectivity index (χ1n) is 4.18. The highest BCUT2D eigenvalue weighted by molar-refractivity contribution is 6.32. The third-order valence-electron chi connectivity index (χ3n) is 1.42. The monoisotopic (exact) mass is 203 g/mol. The second-order valence-electron chi connectivity index (χ2n) is 2.46. The van der Waals surface area contributed by atoms with E-state index in [9.17, 15) is 9.59 Å². The van der Waals surface area contributed by atoms with Crippen molar-refractivity contribution in [1.82, 2.24) is 15.0 Å². The van der Waals surface area contributed by atoms with Crippen molar-refractivity contribution in [2.45, 2.75) is 0 Å². The van der Waals surface area contributed by atoms with Gasteiger partial charge in [0.05, 0.1) is 6.33 Å². The number of nitrogens with zero attached hydrogens (tertiary/aromatic N) is 2. The van der Waals surface area contributed by atoms with Gasteiger partial charge >= 0.3 is 0 Å². The molecule has 0 aliphatic rings. The topological polar surface area (TPSA) is 75.7 Å². The number of nitrogens with one attached hydrogen (secondary N) is 1. The maximum Gasteiger partial charge on any atom is 0.245 e. The summed E-state index contributed by atoms with van der Waals surface area (Å²) in [4.78, 5) is 30.1. The summed E-state index contributed by atoms with van der Waals surface area (Å²) in [6.07, 6.45) is 6.45. The Bertz CT molecular complexity index is 371. The molecular formula is C10H9N3O2. The number of H-pyrrole nitrogens is 1. The van der Waals surface area contributed by atoms with Crippen LogP contribution in [0.15, 0.2) is 43.1 Å². The molecule has 0 spiro atoms. The first kappa shape index (κ1) is 10.8. The Balaban J connectivity index is 0.000000162. The van der Waals surface area contributed by atoms with E-state index in [4.69, 9.17) is 0 Å². The summed E-state index contributed by atoms with van der Waals surface area (Å²) >= 11 is 0. The molecule has 2 aromatic rings. The lowest BCUT2D eigenvalue weighted by Crippen LogP contribution is -1.98. The van der Waals surface area contributed by atoms with Crippen molar-refractivity contribution in [1.29, 1.82) is 0 Å². The average molecular weight is 203 g/mol. The Hall–Kier alpha value is -2.30. The van der Waals surface area contributed by atoms with Crippen LogP contribution < -0.4 is 0 Å². The van der Waals surface area contributed by atoms with E-state index >= 15 is 0 Å². The van der Waals surface area contributed by atoms with Crippen LogP contribution in [0.5, 0.6) is 0 Å². The Morgan fingerprint density at radius 1 is 1.27 bits per heavy atom. The number of imidazole rings is 1. The molecule has 5 nitrogen and oxygen atoms in total. The number of carbonyl (C=O) groups excluding carboxylic acids is 2. The minimum Gasteiger partial charge on any atom is -0.350 e. The number of carbonyl (C=O) groups is 2. The van der Waals surface area contributed by atoms with Crippen molar-refractivity contribution in [2.24, 2.45) is 0 Å². The maximum absolute atomic E-state index is 10.4. The Kier molecular flexibility index (Phi) is 4.45. The van der Waals surface area contributed by atoms with Gasteiger partial charge in [0.1, 0.15) is 5.69 Å². The molecule has 0 atom stereocenters. The van der Waals surface area contributed by atoms with Gasteiger partial charge in [-0.25, -0.2) is 4.98 Å². The minimum atomic E-state index is -0.601. The Morgan fingerprint density at radius 3 is 2.33 bits per heavy atom. The number of aromatic amines is 1. The van der Waals surface area contributed by atoms with E-state index in [-0.39, 0.29) is 12.0 Å². The molecule has 0 aliphatic heterocycles. The fourth-order valence-corrected chi connectivity index (χ4v) is 0.768. The highest BCUT2D eigenvalue weighted by Gasteiger charge is 2.03. The van der Waals surface area contributed by atoms with E-state index in [1.165, 1.54) is 12.5 Å². The first-order valence-corrected chi connectivity index (χ1v) is 4.18. The van der Waals surface area contributed by atoms with Gasteiger partial charge in [-0.05, 0) is 12.1 Å². The molecule has 0 saturated carbocycles. The van der Waals surface area contributed by atoms with Crippen LogP contribution in [0.25, 0.3) is 0 Å². The highest BCUT2D eigenvalue weighted by Crippen LogP contribution is 1.88. The summed E-state index contributed by atoms with van der Waals surface area (Å²) in [6.45, 7) is 0. The molecule has 0 fully saturated rings.